The standard InChI is InChI=1S/C23H21ClN8S/c1-14-10-15(2)12-17(11-14)27-20-21-29-22(30-32(21)9-7-25-20)28-16-4-5-19(18(24)13-16)33-23-26-6-8-31(23)3/h4-13H,1-3H3,(H,25,27)(H,28,30). The molecule has 33 heavy (non-hydrogen) atoms. The average Bonchev–Trinajstić information content (AvgIpc) is 3.35. The Labute approximate surface area is 200 Å². The van der Waals surface area contributed by atoms with Crippen molar-refractivity contribution < 1.29 is 0 Å². The SMILES string of the molecule is Cc1cc(C)cc(Nc2nccn3nc(Nc4ccc(Sc5nccn5C)c(Cl)c4)nc23)c1. The van der Waals surface area contributed by atoms with Crippen LogP contribution in [0.1, 0.15) is 11.1 Å². The molecule has 2 N–H and O–H groups in total. The largest absolute Gasteiger partial charge is 0.337 e. The first-order valence-electron chi connectivity index (χ1n) is 10.2. The summed E-state index contributed by atoms with van der Waals surface area (Å²) in [4.78, 5) is 14.3. The summed E-state index contributed by atoms with van der Waals surface area (Å²) in [5.74, 6) is 1.08. The highest BCUT2D eigenvalue weighted by molar-refractivity contribution is 7.99. The van der Waals surface area contributed by atoms with E-state index in [0.29, 0.717) is 22.4 Å². The Kier molecular flexibility index (Phi) is 5.65. The van der Waals surface area contributed by atoms with Crippen LogP contribution in [0.5, 0.6) is 0 Å². The van der Waals surface area contributed by atoms with E-state index >= 15 is 0 Å². The summed E-state index contributed by atoms with van der Waals surface area (Å²) >= 11 is 8.03. The molecule has 166 valence electrons. The molecule has 0 saturated carbocycles. The molecule has 8 nitrogen and oxygen atoms in total. The van der Waals surface area contributed by atoms with E-state index in [4.69, 9.17) is 11.6 Å². The fourth-order valence-electron chi connectivity index (χ4n) is 3.48. The topological polar surface area (TPSA) is 85.0 Å². The van der Waals surface area contributed by atoms with E-state index in [1.165, 1.54) is 22.9 Å². The summed E-state index contributed by atoms with van der Waals surface area (Å²) in [6.07, 6.45) is 7.12. The van der Waals surface area contributed by atoms with Gasteiger partial charge in [0.15, 0.2) is 11.0 Å². The molecule has 0 aliphatic rings. The lowest BCUT2D eigenvalue weighted by Gasteiger charge is -2.08. The lowest BCUT2D eigenvalue weighted by Crippen LogP contribution is -1.99. The number of hydrogen-bond acceptors (Lipinski definition) is 7. The molecule has 3 aromatic heterocycles. The third kappa shape index (κ3) is 4.64. The molecule has 2 aromatic carbocycles. The van der Waals surface area contributed by atoms with Crippen molar-refractivity contribution in [3.63, 3.8) is 0 Å². The van der Waals surface area contributed by atoms with E-state index < -0.39 is 0 Å². The highest BCUT2D eigenvalue weighted by Crippen LogP contribution is 2.34. The van der Waals surface area contributed by atoms with E-state index in [2.05, 4.69) is 62.7 Å². The zero-order chi connectivity index (χ0) is 22.9. The van der Waals surface area contributed by atoms with Gasteiger partial charge in [-0.3, -0.25) is 0 Å². The zero-order valence-electron chi connectivity index (χ0n) is 18.2. The Balaban J connectivity index is 1.38. The summed E-state index contributed by atoms with van der Waals surface area (Å²) in [6.45, 7) is 4.13. The van der Waals surface area contributed by atoms with Gasteiger partial charge in [-0.2, -0.15) is 4.98 Å². The second-order valence-electron chi connectivity index (χ2n) is 7.67. The second kappa shape index (κ2) is 8.76. The number of imidazole rings is 1. The molecular formula is C23H21ClN8S. The first-order valence-corrected chi connectivity index (χ1v) is 11.4. The Bertz CT molecular complexity index is 1440. The van der Waals surface area contributed by atoms with Gasteiger partial charge in [0.05, 0.1) is 5.02 Å². The van der Waals surface area contributed by atoms with Crippen molar-refractivity contribution in [2.24, 2.45) is 7.05 Å². The van der Waals surface area contributed by atoms with Crippen LogP contribution in [0, 0.1) is 13.8 Å². The van der Waals surface area contributed by atoms with Gasteiger partial charge in [0.25, 0.3) is 0 Å². The van der Waals surface area contributed by atoms with Gasteiger partial charge >= 0.3 is 0 Å². The van der Waals surface area contributed by atoms with Crippen molar-refractivity contribution in [1.29, 1.82) is 0 Å². The number of aromatic nitrogens is 6. The van der Waals surface area contributed by atoms with E-state index in [0.717, 1.165) is 21.4 Å². The summed E-state index contributed by atoms with van der Waals surface area (Å²) in [5.41, 5.74) is 4.71. The van der Waals surface area contributed by atoms with Crippen molar-refractivity contribution in [2.45, 2.75) is 23.9 Å². The van der Waals surface area contributed by atoms with Crippen LogP contribution in [-0.2, 0) is 7.05 Å². The number of anilines is 4. The molecule has 0 radical (unpaired) electrons. The Hall–Kier alpha value is -3.56. The van der Waals surface area contributed by atoms with E-state index in [9.17, 15) is 0 Å². The summed E-state index contributed by atoms with van der Waals surface area (Å²) < 4.78 is 3.64. The number of hydrogen-bond donors (Lipinski definition) is 2. The number of fused-ring (bicyclic) bond motifs is 1. The summed E-state index contributed by atoms with van der Waals surface area (Å²) in [6, 6.07) is 12.0. The third-order valence-electron chi connectivity index (χ3n) is 4.91. The molecule has 0 saturated heterocycles. The van der Waals surface area contributed by atoms with Crippen molar-refractivity contribution in [2.75, 3.05) is 10.6 Å². The Morgan fingerprint density at radius 1 is 0.909 bits per heavy atom. The molecule has 0 aliphatic carbocycles. The second-order valence-corrected chi connectivity index (χ2v) is 9.09. The first-order chi connectivity index (χ1) is 15.9. The van der Waals surface area contributed by atoms with Crippen LogP contribution < -0.4 is 10.6 Å². The Morgan fingerprint density at radius 3 is 2.42 bits per heavy atom. The monoisotopic (exact) mass is 476 g/mol. The van der Waals surface area contributed by atoms with E-state index in [-0.39, 0.29) is 0 Å². The van der Waals surface area contributed by atoms with E-state index in [1.807, 2.05) is 36.0 Å². The maximum absolute atomic E-state index is 6.52. The minimum absolute atomic E-state index is 0.451. The van der Waals surface area contributed by atoms with Gasteiger partial charge in [-0.25, -0.2) is 14.5 Å². The minimum atomic E-state index is 0.451. The average molecular weight is 477 g/mol. The first kappa shape index (κ1) is 21.3. The number of rotatable bonds is 6. The molecule has 0 amide bonds. The van der Waals surface area contributed by atoms with Crippen LogP contribution >= 0.6 is 23.4 Å². The lowest BCUT2D eigenvalue weighted by molar-refractivity contribution is 0.790. The van der Waals surface area contributed by atoms with Crippen LogP contribution in [0.4, 0.5) is 23.1 Å². The van der Waals surface area contributed by atoms with Crippen LogP contribution in [0.2, 0.25) is 5.02 Å². The van der Waals surface area contributed by atoms with Crippen molar-refractivity contribution in [3.8, 4) is 0 Å². The molecule has 0 bridgehead atoms. The minimum Gasteiger partial charge on any atom is -0.337 e. The predicted octanol–water partition coefficient (Wildman–Crippen LogP) is 5.77. The van der Waals surface area contributed by atoms with Crippen LogP contribution in [-0.4, -0.2) is 29.1 Å². The molecule has 5 aromatic rings. The summed E-state index contributed by atoms with van der Waals surface area (Å²) in [7, 11) is 1.95. The van der Waals surface area contributed by atoms with Gasteiger partial charge in [0.2, 0.25) is 11.6 Å². The van der Waals surface area contributed by atoms with E-state index in [1.54, 1.807) is 23.1 Å². The van der Waals surface area contributed by atoms with Crippen LogP contribution in [0.25, 0.3) is 5.65 Å². The van der Waals surface area contributed by atoms with Gasteiger partial charge in [-0.1, -0.05) is 29.4 Å². The number of aryl methyl sites for hydroxylation is 3. The van der Waals surface area contributed by atoms with Crippen LogP contribution in [0.15, 0.2) is 71.2 Å². The normalized spacial score (nSPS) is 11.2. The van der Waals surface area contributed by atoms with Crippen molar-refractivity contribution in [1.82, 2.24) is 29.1 Å². The van der Waals surface area contributed by atoms with Crippen LogP contribution in [0.3, 0.4) is 0 Å². The highest BCUT2D eigenvalue weighted by Gasteiger charge is 2.12. The number of halogens is 1. The molecule has 0 aliphatic heterocycles. The van der Waals surface area contributed by atoms with Gasteiger partial charge in [-0.15, -0.1) is 5.10 Å². The van der Waals surface area contributed by atoms with Gasteiger partial charge in [0.1, 0.15) is 0 Å². The smallest absolute Gasteiger partial charge is 0.247 e. The molecule has 0 spiro atoms. The number of benzene rings is 2. The fourth-order valence-corrected chi connectivity index (χ4v) is 4.59. The number of nitrogens with one attached hydrogen (secondary N) is 2. The summed E-state index contributed by atoms with van der Waals surface area (Å²) in [5, 5.41) is 12.6. The zero-order valence-corrected chi connectivity index (χ0v) is 19.8. The quantitative estimate of drug-likeness (QED) is 0.322. The molecule has 10 heteroatoms. The molecule has 5 rings (SSSR count). The van der Waals surface area contributed by atoms with Gasteiger partial charge < -0.3 is 15.2 Å². The lowest BCUT2D eigenvalue weighted by atomic mass is 10.1. The molecule has 3 heterocycles. The molecule has 0 atom stereocenters. The molecule has 0 fully saturated rings. The number of nitrogens with zero attached hydrogens (tertiary/aromatic N) is 6. The Morgan fingerprint density at radius 2 is 1.70 bits per heavy atom. The maximum atomic E-state index is 6.52. The van der Waals surface area contributed by atoms with Crippen molar-refractivity contribution in [3.05, 3.63) is 77.3 Å². The molecular weight excluding hydrogens is 456 g/mol. The molecule has 0 unspecified atom stereocenters. The van der Waals surface area contributed by atoms with Crippen molar-refractivity contribution >= 4 is 52.2 Å². The maximum Gasteiger partial charge on any atom is 0.247 e. The fraction of sp³-hybridized carbons (Fsp3) is 0.130. The van der Waals surface area contributed by atoms with Gasteiger partial charge in [-0.05, 0) is 55.3 Å². The van der Waals surface area contributed by atoms with Gasteiger partial charge in [0, 0.05) is 48.1 Å². The predicted molar refractivity (Wildman–Crippen MR) is 132 cm³/mol. The third-order valence-corrected chi connectivity index (χ3v) is 6.48. The highest BCUT2D eigenvalue weighted by atomic mass is 35.5.